The van der Waals surface area contributed by atoms with Gasteiger partial charge in [0.05, 0.1) is 6.04 Å². The highest BCUT2D eigenvalue weighted by Crippen LogP contribution is 1.98. The van der Waals surface area contributed by atoms with Gasteiger partial charge in [-0.25, -0.2) is 0 Å². The van der Waals surface area contributed by atoms with Gasteiger partial charge < -0.3 is 16.2 Å². The van der Waals surface area contributed by atoms with Crippen LogP contribution in [0.5, 0.6) is 0 Å². The van der Waals surface area contributed by atoms with Gasteiger partial charge in [0.25, 0.3) is 0 Å². The Balaban J connectivity index is 3.95. The molecule has 0 spiro atoms. The summed E-state index contributed by atoms with van der Waals surface area (Å²) in [4.78, 5) is 21.0. The summed E-state index contributed by atoms with van der Waals surface area (Å²) in [6.07, 6.45) is 0.191. The van der Waals surface area contributed by atoms with Crippen molar-refractivity contribution in [3.05, 3.63) is 0 Å². The molecule has 76 valence electrons. The molecule has 0 radical (unpaired) electrons. The number of nitrogens with two attached hydrogens (primary N) is 1. The highest BCUT2D eigenvalue weighted by molar-refractivity contribution is 5.80. The van der Waals surface area contributed by atoms with E-state index >= 15 is 0 Å². The lowest BCUT2D eigenvalue weighted by atomic mass is 10.1. The second kappa shape index (κ2) is 5.53. The maximum absolute atomic E-state index is 10.8. The van der Waals surface area contributed by atoms with E-state index in [0.717, 1.165) is 0 Å². The second-order valence-electron chi connectivity index (χ2n) is 3.21. The summed E-state index contributed by atoms with van der Waals surface area (Å²) in [6.45, 7) is 3.74. The molecule has 0 saturated heterocycles. The van der Waals surface area contributed by atoms with Crippen LogP contribution in [-0.4, -0.2) is 29.1 Å². The van der Waals surface area contributed by atoms with Crippen LogP contribution in [-0.2, 0) is 9.59 Å². The van der Waals surface area contributed by atoms with Gasteiger partial charge in [0.1, 0.15) is 0 Å². The van der Waals surface area contributed by atoms with Crippen LogP contribution in [0.25, 0.3) is 0 Å². The lowest BCUT2D eigenvalue weighted by Gasteiger charge is -2.16. The number of rotatable bonds is 6. The van der Waals surface area contributed by atoms with E-state index in [9.17, 15) is 9.59 Å². The summed E-state index contributed by atoms with van der Waals surface area (Å²) in [5.41, 5.74) is 5.08. The molecule has 0 rings (SSSR count). The SMILES string of the molecule is CC(C)N[C@@H](CCC(=O)O)C(N)=O. The van der Waals surface area contributed by atoms with E-state index in [4.69, 9.17) is 10.8 Å². The van der Waals surface area contributed by atoms with E-state index in [2.05, 4.69) is 5.32 Å². The van der Waals surface area contributed by atoms with Crippen LogP contribution >= 0.6 is 0 Å². The summed E-state index contributed by atoms with van der Waals surface area (Å²) in [5, 5.41) is 11.3. The second-order valence-corrected chi connectivity index (χ2v) is 3.21. The zero-order chi connectivity index (χ0) is 10.4. The first kappa shape index (κ1) is 11.9. The summed E-state index contributed by atoms with van der Waals surface area (Å²) in [6, 6.07) is -0.428. The molecule has 0 aliphatic heterocycles. The minimum atomic E-state index is -0.920. The standard InChI is InChI=1S/C8H16N2O3/c1-5(2)10-6(8(9)13)3-4-7(11)12/h5-6,10H,3-4H2,1-2H3,(H2,9,13)(H,11,12)/t6-/m0/s1. The Hall–Kier alpha value is -1.10. The monoisotopic (exact) mass is 188 g/mol. The van der Waals surface area contributed by atoms with Crippen molar-refractivity contribution in [1.29, 1.82) is 0 Å². The molecular weight excluding hydrogens is 172 g/mol. The molecule has 0 fully saturated rings. The number of carboxylic acids is 1. The van der Waals surface area contributed by atoms with Crippen molar-refractivity contribution in [1.82, 2.24) is 5.32 Å². The first-order valence-electron chi connectivity index (χ1n) is 4.20. The van der Waals surface area contributed by atoms with Gasteiger partial charge in [-0.15, -0.1) is 0 Å². The maximum Gasteiger partial charge on any atom is 0.303 e. The van der Waals surface area contributed by atoms with Crippen molar-refractivity contribution in [3.63, 3.8) is 0 Å². The fraction of sp³-hybridized carbons (Fsp3) is 0.750. The van der Waals surface area contributed by atoms with Gasteiger partial charge >= 0.3 is 5.97 Å². The van der Waals surface area contributed by atoms with Crippen LogP contribution in [0.4, 0.5) is 0 Å². The number of aliphatic carboxylic acids is 1. The minimum absolute atomic E-state index is 0.0483. The van der Waals surface area contributed by atoms with Gasteiger partial charge in [-0.05, 0) is 6.42 Å². The molecule has 0 heterocycles. The molecule has 13 heavy (non-hydrogen) atoms. The van der Waals surface area contributed by atoms with E-state index < -0.39 is 17.9 Å². The topological polar surface area (TPSA) is 92.4 Å². The van der Waals surface area contributed by atoms with Crippen LogP contribution in [0, 0.1) is 0 Å². The Morgan fingerprint density at radius 2 is 2.00 bits per heavy atom. The van der Waals surface area contributed by atoms with Gasteiger partial charge in [0.15, 0.2) is 0 Å². The molecular formula is C8H16N2O3. The molecule has 0 aromatic carbocycles. The van der Waals surface area contributed by atoms with Crippen molar-refractivity contribution in [2.75, 3.05) is 0 Å². The largest absolute Gasteiger partial charge is 0.481 e. The third-order valence-corrected chi connectivity index (χ3v) is 1.52. The Kier molecular flexibility index (Phi) is 5.06. The quantitative estimate of drug-likeness (QED) is 0.533. The molecule has 0 saturated carbocycles. The molecule has 0 bridgehead atoms. The number of amides is 1. The molecule has 1 amide bonds. The third-order valence-electron chi connectivity index (χ3n) is 1.52. The molecule has 5 nitrogen and oxygen atoms in total. The van der Waals surface area contributed by atoms with Crippen molar-refractivity contribution in [3.8, 4) is 0 Å². The number of hydrogen-bond acceptors (Lipinski definition) is 3. The molecule has 0 aliphatic rings. The third kappa shape index (κ3) is 6.10. The average Bonchev–Trinajstić information content (AvgIpc) is 1.96. The summed E-state index contributed by atoms with van der Waals surface area (Å²) in [7, 11) is 0. The van der Waals surface area contributed by atoms with Crippen LogP contribution in [0.3, 0.4) is 0 Å². The fourth-order valence-electron chi connectivity index (χ4n) is 0.978. The van der Waals surface area contributed by atoms with E-state index in [1.54, 1.807) is 0 Å². The smallest absolute Gasteiger partial charge is 0.303 e. The first-order valence-corrected chi connectivity index (χ1v) is 4.20. The summed E-state index contributed by atoms with van der Waals surface area (Å²) >= 11 is 0. The van der Waals surface area contributed by atoms with Crippen LogP contribution < -0.4 is 11.1 Å². The van der Waals surface area contributed by atoms with E-state index in [1.807, 2.05) is 13.8 Å². The molecule has 0 aromatic rings. The van der Waals surface area contributed by atoms with Gasteiger partial charge in [0, 0.05) is 12.5 Å². The van der Waals surface area contributed by atoms with Gasteiger partial charge in [-0.3, -0.25) is 9.59 Å². The lowest BCUT2D eigenvalue weighted by Crippen LogP contribution is -2.44. The van der Waals surface area contributed by atoms with Gasteiger partial charge in [-0.2, -0.15) is 0 Å². The Morgan fingerprint density at radius 3 is 2.31 bits per heavy atom. The lowest BCUT2D eigenvalue weighted by molar-refractivity contribution is -0.137. The van der Waals surface area contributed by atoms with E-state index in [-0.39, 0.29) is 18.9 Å². The predicted molar refractivity (Wildman–Crippen MR) is 48.1 cm³/mol. The number of carboxylic acid groups (broad SMARTS) is 1. The molecule has 0 aliphatic carbocycles. The summed E-state index contributed by atoms with van der Waals surface area (Å²) < 4.78 is 0. The number of hydrogen-bond donors (Lipinski definition) is 3. The Morgan fingerprint density at radius 1 is 1.46 bits per heavy atom. The molecule has 0 unspecified atom stereocenters. The average molecular weight is 188 g/mol. The van der Waals surface area contributed by atoms with Crippen molar-refractivity contribution >= 4 is 11.9 Å². The van der Waals surface area contributed by atoms with Crippen molar-refractivity contribution < 1.29 is 14.7 Å². The number of carbonyl (C=O) groups is 2. The van der Waals surface area contributed by atoms with Crippen molar-refractivity contribution in [2.45, 2.75) is 38.8 Å². The number of primary amides is 1. The maximum atomic E-state index is 10.8. The van der Waals surface area contributed by atoms with Gasteiger partial charge in [-0.1, -0.05) is 13.8 Å². The van der Waals surface area contributed by atoms with Crippen LogP contribution in [0.2, 0.25) is 0 Å². The normalized spacial score (nSPS) is 12.8. The molecule has 1 atom stereocenters. The van der Waals surface area contributed by atoms with Crippen LogP contribution in [0.1, 0.15) is 26.7 Å². The molecule has 0 aromatic heterocycles. The van der Waals surface area contributed by atoms with Crippen LogP contribution in [0.15, 0.2) is 0 Å². The zero-order valence-corrected chi connectivity index (χ0v) is 7.91. The predicted octanol–water partition coefficient (Wildman–Crippen LogP) is -0.297. The van der Waals surface area contributed by atoms with Crippen molar-refractivity contribution in [2.24, 2.45) is 5.73 Å². The molecule has 5 heteroatoms. The van der Waals surface area contributed by atoms with E-state index in [1.165, 1.54) is 0 Å². The first-order chi connectivity index (χ1) is 5.93. The molecule has 4 N–H and O–H groups in total. The highest BCUT2D eigenvalue weighted by atomic mass is 16.4. The highest BCUT2D eigenvalue weighted by Gasteiger charge is 2.16. The minimum Gasteiger partial charge on any atom is -0.481 e. The van der Waals surface area contributed by atoms with E-state index in [0.29, 0.717) is 0 Å². The zero-order valence-electron chi connectivity index (χ0n) is 7.91. The Labute approximate surface area is 77.3 Å². The Bertz CT molecular complexity index is 192. The number of carbonyl (C=O) groups excluding carboxylic acids is 1. The number of nitrogens with one attached hydrogen (secondary N) is 1. The fourth-order valence-corrected chi connectivity index (χ4v) is 0.978. The van der Waals surface area contributed by atoms with Gasteiger partial charge in [0.2, 0.25) is 5.91 Å². The summed E-state index contributed by atoms with van der Waals surface area (Å²) in [5.74, 6) is -1.42.